The van der Waals surface area contributed by atoms with Gasteiger partial charge in [0, 0.05) is 32.3 Å². The highest BCUT2D eigenvalue weighted by Gasteiger charge is 2.38. The molecule has 1 aromatic heterocycles. The summed E-state index contributed by atoms with van der Waals surface area (Å²) in [5.41, 5.74) is 9.71. The van der Waals surface area contributed by atoms with Gasteiger partial charge in [0.15, 0.2) is 0 Å². The van der Waals surface area contributed by atoms with Crippen molar-refractivity contribution in [3.8, 4) is 0 Å². The molecule has 29 heavy (non-hydrogen) atoms. The Morgan fingerprint density at radius 1 is 1.28 bits per heavy atom. The molecule has 1 aliphatic heterocycles. The van der Waals surface area contributed by atoms with Crippen LogP contribution in [0.5, 0.6) is 0 Å². The summed E-state index contributed by atoms with van der Waals surface area (Å²) in [6, 6.07) is 6.82. The summed E-state index contributed by atoms with van der Waals surface area (Å²) in [5.74, 6) is 2.14. The number of pyridine rings is 1. The SMILES string of the molecule is C=Cc1ccc(C(CC)CC)c2c1C=C1C2CCN1c1cnc(N(C)C)cc1C. The molecule has 1 atom stereocenters. The van der Waals surface area contributed by atoms with E-state index >= 15 is 0 Å². The first kappa shape index (κ1) is 19.8. The standard InChI is InChI=1S/C26H33N3/c1-7-18(8-2)20-11-10-19(9-3)22-15-23-21(26(20)22)12-13-29(23)24-16-27-25(28(5)6)14-17(24)4/h9-11,14-16,18,21H,3,7-8,12-13H2,1-2,4-6H3. The van der Waals surface area contributed by atoms with E-state index in [1.165, 1.54) is 47.3 Å². The third-order valence-corrected chi connectivity index (χ3v) is 6.77. The summed E-state index contributed by atoms with van der Waals surface area (Å²) in [7, 11) is 4.08. The van der Waals surface area contributed by atoms with Gasteiger partial charge in [0.1, 0.15) is 5.82 Å². The van der Waals surface area contributed by atoms with Gasteiger partial charge >= 0.3 is 0 Å². The number of anilines is 2. The Bertz CT molecular complexity index is 966. The molecule has 1 fully saturated rings. The van der Waals surface area contributed by atoms with Crippen LogP contribution in [0.1, 0.15) is 72.8 Å². The maximum absolute atomic E-state index is 4.69. The van der Waals surface area contributed by atoms with Crippen LogP contribution in [-0.2, 0) is 0 Å². The van der Waals surface area contributed by atoms with Gasteiger partial charge in [0.25, 0.3) is 0 Å². The minimum atomic E-state index is 0.494. The van der Waals surface area contributed by atoms with E-state index in [1.54, 1.807) is 11.1 Å². The average molecular weight is 388 g/mol. The Morgan fingerprint density at radius 3 is 2.66 bits per heavy atom. The van der Waals surface area contributed by atoms with Crippen LogP contribution in [0, 0.1) is 6.92 Å². The third kappa shape index (κ3) is 3.17. The number of hydrogen-bond acceptors (Lipinski definition) is 3. The predicted octanol–water partition coefficient (Wildman–Crippen LogP) is 6.35. The third-order valence-electron chi connectivity index (χ3n) is 6.77. The van der Waals surface area contributed by atoms with Crippen LogP contribution in [0.25, 0.3) is 12.2 Å². The van der Waals surface area contributed by atoms with Crippen molar-refractivity contribution in [3.63, 3.8) is 0 Å². The van der Waals surface area contributed by atoms with Crippen LogP contribution < -0.4 is 9.80 Å². The molecule has 0 radical (unpaired) electrons. The Labute approximate surface area is 175 Å². The fraction of sp³-hybridized carbons (Fsp3) is 0.423. The average Bonchev–Trinajstić information content (AvgIpc) is 3.28. The predicted molar refractivity (Wildman–Crippen MR) is 126 cm³/mol. The molecule has 4 rings (SSSR count). The van der Waals surface area contributed by atoms with Crippen molar-refractivity contribution in [2.75, 3.05) is 30.4 Å². The second-order valence-corrected chi connectivity index (χ2v) is 8.57. The molecule has 1 aliphatic carbocycles. The maximum atomic E-state index is 4.69. The number of benzene rings is 1. The lowest BCUT2D eigenvalue weighted by Gasteiger charge is -2.24. The Balaban J connectivity index is 1.77. The largest absolute Gasteiger partial charge is 0.363 e. The van der Waals surface area contributed by atoms with E-state index < -0.39 is 0 Å². The van der Waals surface area contributed by atoms with Gasteiger partial charge < -0.3 is 9.80 Å². The van der Waals surface area contributed by atoms with Crippen molar-refractivity contribution >= 4 is 23.7 Å². The number of nitrogens with zero attached hydrogens (tertiary/aromatic N) is 3. The van der Waals surface area contributed by atoms with E-state index in [4.69, 9.17) is 4.98 Å². The van der Waals surface area contributed by atoms with Crippen molar-refractivity contribution < 1.29 is 0 Å². The molecule has 1 unspecified atom stereocenters. The minimum absolute atomic E-state index is 0.494. The molecule has 0 N–H and O–H groups in total. The van der Waals surface area contributed by atoms with Gasteiger partial charge in [0.05, 0.1) is 11.9 Å². The zero-order chi connectivity index (χ0) is 20.7. The molecule has 152 valence electrons. The van der Waals surface area contributed by atoms with Crippen LogP contribution in [0.4, 0.5) is 11.5 Å². The topological polar surface area (TPSA) is 19.4 Å². The molecule has 0 saturated carbocycles. The molecule has 0 spiro atoms. The van der Waals surface area contributed by atoms with Gasteiger partial charge in [-0.15, -0.1) is 0 Å². The smallest absolute Gasteiger partial charge is 0.128 e. The second kappa shape index (κ2) is 7.70. The molecule has 3 nitrogen and oxygen atoms in total. The van der Waals surface area contributed by atoms with Gasteiger partial charge in [-0.05, 0) is 72.1 Å². The highest BCUT2D eigenvalue weighted by atomic mass is 15.2. The molecule has 3 heteroatoms. The van der Waals surface area contributed by atoms with Gasteiger partial charge in [-0.2, -0.15) is 0 Å². The van der Waals surface area contributed by atoms with Crippen molar-refractivity contribution in [3.05, 3.63) is 64.5 Å². The Morgan fingerprint density at radius 2 is 2.03 bits per heavy atom. The molecule has 2 aliphatic rings. The van der Waals surface area contributed by atoms with Gasteiger partial charge in [-0.1, -0.05) is 38.6 Å². The number of aryl methyl sites for hydroxylation is 1. The minimum Gasteiger partial charge on any atom is -0.363 e. The molecule has 1 saturated heterocycles. The van der Waals surface area contributed by atoms with Crippen LogP contribution in [0.2, 0.25) is 0 Å². The molecule has 0 bridgehead atoms. The molecular weight excluding hydrogens is 354 g/mol. The van der Waals surface area contributed by atoms with Gasteiger partial charge in [-0.3, -0.25) is 0 Å². The van der Waals surface area contributed by atoms with Crippen molar-refractivity contribution in [1.82, 2.24) is 4.98 Å². The number of aromatic nitrogens is 1. The van der Waals surface area contributed by atoms with Crippen LogP contribution in [0.3, 0.4) is 0 Å². The first-order valence-corrected chi connectivity index (χ1v) is 10.9. The van der Waals surface area contributed by atoms with E-state index in [9.17, 15) is 0 Å². The normalized spacial score (nSPS) is 17.4. The zero-order valence-corrected chi connectivity index (χ0v) is 18.5. The number of fused-ring (bicyclic) bond motifs is 3. The van der Waals surface area contributed by atoms with Crippen LogP contribution >= 0.6 is 0 Å². The fourth-order valence-corrected chi connectivity index (χ4v) is 5.15. The first-order chi connectivity index (χ1) is 14.0. The second-order valence-electron chi connectivity index (χ2n) is 8.57. The summed E-state index contributed by atoms with van der Waals surface area (Å²) in [6.07, 6.45) is 10.0. The Kier molecular flexibility index (Phi) is 5.24. The van der Waals surface area contributed by atoms with E-state index in [1.807, 2.05) is 26.4 Å². The highest BCUT2D eigenvalue weighted by molar-refractivity contribution is 5.81. The van der Waals surface area contributed by atoms with Crippen molar-refractivity contribution in [2.24, 2.45) is 0 Å². The molecule has 2 aromatic rings. The number of allylic oxidation sites excluding steroid dienone is 1. The summed E-state index contributed by atoms with van der Waals surface area (Å²) < 4.78 is 0. The summed E-state index contributed by atoms with van der Waals surface area (Å²) >= 11 is 0. The quantitative estimate of drug-likeness (QED) is 0.575. The zero-order valence-electron chi connectivity index (χ0n) is 18.5. The highest BCUT2D eigenvalue weighted by Crippen LogP contribution is 2.51. The van der Waals surface area contributed by atoms with Gasteiger partial charge in [0.2, 0.25) is 0 Å². The fourth-order valence-electron chi connectivity index (χ4n) is 5.15. The monoisotopic (exact) mass is 387 g/mol. The number of rotatable bonds is 6. The molecule has 2 heterocycles. The number of hydrogen-bond donors (Lipinski definition) is 0. The summed E-state index contributed by atoms with van der Waals surface area (Å²) in [4.78, 5) is 9.25. The van der Waals surface area contributed by atoms with E-state index in [-0.39, 0.29) is 0 Å². The van der Waals surface area contributed by atoms with E-state index in [0.29, 0.717) is 11.8 Å². The summed E-state index contributed by atoms with van der Waals surface area (Å²) in [6.45, 7) is 12.0. The lowest BCUT2D eigenvalue weighted by Crippen LogP contribution is -2.19. The van der Waals surface area contributed by atoms with E-state index in [2.05, 4.69) is 61.4 Å². The molecule has 0 amide bonds. The van der Waals surface area contributed by atoms with Gasteiger partial charge in [-0.25, -0.2) is 4.98 Å². The van der Waals surface area contributed by atoms with Crippen LogP contribution in [-0.4, -0.2) is 25.6 Å². The van der Waals surface area contributed by atoms with Crippen molar-refractivity contribution in [1.29, 1.82) is 0 Å². The lowest BCUT2D eigenvalue weighted by atomic mass is 9.83. The van der Waals surface area contributed by atoms with Crippen LogP contribution in [0.15, 0.2) is 36.7 Å². The molecular formula is C26H33N3. The van der Waals surface area contributed by atoms with Crippen molar-refractivity contribution in [2.45, 2.75) is 51.9 Å². The maximum Gasteiger partial charge on any atom is 0.128 e. The molecule has 1 aromatic carbocycles. The lowest BCUT2D eigenvalue weighted by molar-refractivity contribution is 0.629. The first-order valence-electron chi connectivity index (χ1n) is 10.9. The Hall–Kier alpha value is -2.55. The van der Waals surface area contributed by atoms with E-state index in [0.717, 1.165) is 12.4 Å². The summed E-state index contributed by atoms with van der Waals surface area (Å²) in [5, 5.41) is 0.